The van der Waals surface area contributed by atoms with Gasteiger partial charge in [0.25, 0.3) is 11.8 Å². The number of carbonyl (C=O) groups is 4. The van der Waals surface area contributed by atoms with Crippen molar-refractivity contribution in [1.29, 1.82) is 0 Å². The Hall–Kier alpha value is -2.74. The molecule has 0 radical (unpaired) electrons. The van der Waals surface area contributed by atoms with E-state index in [1.54, 1.807) is 12.1 Å². The molecule has 1 unspecified atom stereocenters. The molecule has 3 aliphatic rings. The number of carbonyl (C=O) groups excluding carboxylic acids is 4. The Labute approximate surface area is 163 Å². The molecule has 0 spiro atoms. The lowest BCUT2D eigenvalue weighted by Crippen LogP contribution is -2.54. The molecular formula is C20H24N4O4. The number of anilines is 1. The first kappa shape index (κ1) is 18.6. The smallest absolute Gasteiger partial charge is 0.264 e. The number of rotatable bonds is 4. The predicted molar refractivity (Wildman–Crippen MR) is 102 cm³/mol. The summed E-state index contributed by atoms with van der Waals surface area (Å²) >= 11 is 0. The fourth-order valence-electron chi connectivity index (χ4n) is 4.46. The van der Waals surface area contributed by atoms with Crippen LogP contribution in [0.1, 0.15) is 52.8 Å². The van der Waals surface area contributed by atoms with Gasteiger partial charge in [0.15, 0.2) is 0 Å². The number of fused-ring (bicyclic) bond motifs is 1. The van der Waals surface area contributed by atoms with E-state index < -0.39 is 23.8 Å². The number of nitrogens with two attached hydrogens (primary N) is 1. The molecule has 1 aromatic rings. The average molecular weight is 384 g/mol. The quantitative estimate of drug-likeness (QED) is 0.737. The zero-order chi connectivity index (χ0) is 19.8. The summed E-state index contributed by atoms with van der Waals surface area (Å²) in [6.45, 7) is 2.29. The van der Waals surface area contributed by atoms with Gasteiger partial charge in [0.2, 0.25) is 11.8 Å². The molecular weight excluding hydrogens is 360 g/mol. The lowest BCUT2D eigenvalue weighted by molar-refractivity contribution is -0.136. The van der Waals surface area contributed by atoms with Crippen molar-refractivity contribution in [1.82, 2.24) is 10.2 Å². The molecule has 0 saturated carbocycles. The van der Waals surface area contributed by atoms with Crippen molar-refractivity contribution in [2.75, 3.05) is 24.5 Å². The molecule has 8 nitrogen and oxygen atoms in total. The molecule has 0 bridgehead atoms. The molecule has 0 aromatic heterocycles. The molecule has 4 amide bonds. The summed E-state index contributed by atoms with van der Waals surface area (Å²) < 4.78 is 0. The molecule has 2 fully saturated rings. The normalized spacial score (nSPS) is 23.2. The first-order valence-corrected chi connectivity index (χ1v) is 9.81. The standard InChI is InChI=1S/C20H24N4O4/c21-9-6-12-7-10-23(11-8-12)14-3-1-2-13-17(14)20(28)24(19(13)27)15-4-5-16(25)22-18(15)26/h1-3,12,15H,4-11,21H2,(H,22,25,26). The van der Waals surface area contributed by atoms with Crippen molar-refractivity contribution in [2.24, 2.45) is 11.7 Å². The predicted octanol–water partition coefficient (Wildman–Crippen LogP) is 0.653. The van der Waals surface area contributed by atoms with Gasteiger partial charge in [0, 0.05) is 19.5 Å². The number of imide groups is 2. The highest BCUT2D eigenvalue weighted by Crippen LogP contribution is 2.36. The van der Waals surface area contributed by atoms with Gasteiger partial charge in [0.1, 0.15) is 6.04 Å². The number of piperidine rings is 2. The molecule has 148 valence electrons. The minimum Gasteiger partial charge on any atom is -0.371 e. The molecule has 3 heterocycles. The van der Waals surface area contributed by atoms with Gasteiger partial charge in [-0.15, -0.1) is 0 Å². The molecule has 8 heteroatoms. The monoisotopic (exact) mass is 384 g/mol. The van der Waals surface area contributed by atoms with Crippen LogP contribution >= 0.6 is 0 Å². The minimum absolute atomic E-state index is 0.116. The third-order valence-electron chi connectivity index (χ3n) is 5.98. The van der Waals surface area contributed by atoms with E-state index in [-0.39, 0.29) is 18.7 Å². The van der Waals surface area contributed by atoms with Crippen LogP contribution < -0.4 is 16.0 Å². The topological polar surface area (TPSA) is 113 Å². The Morgan fingerprint density at radius 1 is 1.04 bits per heavy atom. The first-order chi connectivity index (χ1) is 13.5. The van der Waals surface area contributed by atoms with Crippen LogP contribution in [0.3, 0.4) is 0 Å². The molecule has 3 aliphatic heterocycles. The molecule has 2 saturated heterocycles. The van der Waals surface area contributed by atoms with Crippen molar-refractivity contribution in [3.8, 4) is 0 Å². The maximum atomic E-state index is 13.2. The average Bonchev–Trinajstić information content (AvgIpc) is 2.94. The van der Waals surface area contributed by atoms with Gasteiger partial charge in [0.05, 0.1) is 16.8 Å². The first-order valence-electron chi connectivity index (χ1n) is 9.81. The van der Waals surface area contributed by atoms with E-state index in [0.29, 0.717) is 23.6 Å². The lowest BCUT2D eigenvalue weighted by Gasteiger charge is -2.34. The molecule has 3 N–H and O–H groups in total. The Morgan fingerprint density at radius 2 is 1.79 bits per heavy atom. The van der Waals surface area contributed by atoms with Gasteiger partial charge < -0.3 is 10.6 Å². The van der Waals surface area contributed by atoms with Crippen molar-refractivity contribution < 1.29 is 19.2 Å². The fraction of sp³-hybridized carbons (Fsp3) is 0.500. The fourth-order valence-corrected chi connectivity index (χ4v) is 4.46. The van der Waals surface area contributed by atoms with E-state index >= 15 is 0 Å². The summed E-state index contributed by atoms with van der Waals surface area (Å²) in [6, 6.07) is 4.33. The maximum absolute atomic E-state index is 13.2. The third kappa shape index (κ3) is 3.07. The minimum atomic E-state index is -0.937. The van der Waals surface area contributed by atoms with Crippen LogP contribution in [0.4, 0.5) is 5.69 Å². The van der Waals surface area contributed by atoms with Crippen LogP contribution in [0.15, 0.2) is 18.2 Å². The summed E-state index contributed by atoms with van der Waals surface area (Å²) in [6.07, 6.45) is 3.28. The molecule has 1 atom stereocenters. The lowest BCUT2D eigenvalue weighted by atomic mass is 9.92. The second-order valence-electron chi connectivity index (χ2n) is 7.65. The Kier molecular flexibility index (Phi) is 4.89. The Morgan fingerprint density at radius 3 is 2.46 bits per heavy atom. The number of nitrogens with zero attached hydrogens (tertiary/aromatic N) is 2. The Balaban J connectivity index is 1.60. The van der Waals surface area contributed by atoms with Gasteiger partial charge in [-0.3, -0.25) is 29.4 Å². The van der Waals surface area contributed by atoms with Crippen LogP contribution in [0.5, 0.6) is 0 Å². The van der Waals surface area contributed by atoms with Crippen LogP contribution in [0.2, 0.25) is 0 Å². The molecule has 0 aliphatic carbocycles. The van der Waals surface area contributed by atoms with Crippen molar-refractivity contribution in [3.05, 3.63) is 29.3 Å². The van der Waals surface area contributed by atoms with Gasteiger partial charge in [-0.25, -0.2) is 0 Å². The van der Waals surface area contributed by atoms with E-state index in [0.717, 1.165) is 42.9 Å². The van der Waals surface area contributed by atoms with Crippen LogP contribution in [-0.2, 0) is 9.59 Å². The summed E-state index contributed by atoms with van der Waals surface area (Å²) in [5, 5.41) is 2.22. The Bertz CT molecular complexity index is 845. The van der Waals surface area contributed by atoms with Crippen molar-refractivity contribution in [2.45, 2.75) is 38.1 Å². The largest absolute Gasteiger partial charge is 0.371 e. The SMILES string of the molecule is NCCC1CCN(c2cccc3c2C(=O)N(C2CCC(=O)NC2=O)C3=O)CC1. The van der Waals surface area contributed by atoms with E-state index in [4.69, 9.17) is 5.73 Å². The zero-order valence-electron chi connectivity index (χ0n) is 15.6. The van der Waals surface area contributed by atoms with Crippen molar-refractivity contribution in [3.63, 3.8) is 0 Å². The zero-order valence-corrected chi connectivity index (χ0v) is 15.6. The number of amides is 4. The maximum Gasteiger partial charge on any atom is 0.264 e. The highest BCUT2D eigenvalue weighted by atomic mass is 16.2. The van der Waals surface area contributed by atoms with E-state index in [1.165, 1.54) is 0 Å². The number of nitrogens with one attached hydrogen (secondary N) is 1. The van der Waals surface area contributed by atoms with Crippen molar-refractivity contribution >= 4 is 29.3 Å². The molecule has 1 aromatic carbocycles. The number of hydrogen-bond acceptors (Lipinski definition) is 6. The summed E-state index contributed by atoms with van der Waals surface area (Å²) in [7, 11) is 0. The summed E-state index contributed by atoms with van der Waals surface area (Å²) in [4.78, 5) is 52.9. The molecule has 28 heavy (non-hydrogen) atoms. The van der Waals surface area contributed by atoms with Crippen LogP contribution in [0.25, 0.3) is 0 Å². The molecule has 4 rings (SSSR count). The summed E-state index contributed by atoms with van der Waals surface area (Å²) in [5.41, 5.74) is 7.11. The highest BCUT2D eigenvalue weighted by molar-refractivity contribution is 6.25. The third-order valence-corrected chi connectivity index (χ3v) is 5.98. The van der Waals surface area contributed by atoms with E-state index in [1.807, 2.05) is 6.07 Å². The number of benzene rings is 1. The van der Waals surface area contributed by atoms with Crippen LogP contribution in [0, 0.1) is 5.92 Å². The van der Waals surface area contributed by atoms with Gasteiger partial charge in [-0.05, 0) is 50.3 Å². The second kappa shape index (κ2) is 7.35. The van der Waals surface area contributed by atoms with E-state index in [2.05, 4.69) is 10.2 Å². The highest BCUT2D eigenvalue weighted by Gasteiger charge is 2.46. The second-order valence-corrected chi connectivity index (χ2v) is 7.65. The van der Waals surface area contributed by atoms with E-state index in [9.17, 15) is 19.2 Å². The summed E-state index contributed by atoms with van der Waals surface area (Å²) in [5.74, 6) is -1.28. The van der Waals surface area contributed by atoms with Gasteiger partial charge in [-0.2, -0.15) is 0 Å². The van der Waals surface area contributed by atoms with Gasteiger partial charge >= 0.3 is 0 Å². The van der Waals surface area contributed by atoms with Gasteiger partial charge in [-0.1, -0.05) is 6.07 Å². The number of hydrogen-bond donors (Lipinski definition) is 2. The van der Waals surface area contributed by atoms with Crippen LogP contribution in [-0.4, -0.2) is 54.2 Å².